The zero-order chi connectivity index (χ0) is 11.3. The van der Waals surface area contributed by atoms with Crippen LogP contribution in [0.2, 0.25) is 0 Å². The lowest BCUT2D eigenvalue weighted by Crippen LogP contribution is -2.08. The molecule has 0 amide bonds. The SMILES string of the molecule is COC(=O)CC(C)Sc1cccc(F)c1. The molecule has 0 saturated heterocycles. The van der Waals surface area contributed by atoms with Crippen molar-refractivity contribution >= 4 is 17.7 Å². The van der Waals surface area contributed by atoms with E-state index in [4.69, 9.17) is 0 Å². The van der Waals surface area contributed by atoms with E-state index in [1.807, 2.05) is 13.0 Å². The van der Waals surface area contributed by atoms with Crippen LogP contribution in [0.1, 0.15) is 13.3 Å². The highest BCUT2D eigenvalue weighted by molar-refractivity contribution is 8.00. The number of carbonyl (C=O) groups is 1. The van der Waals surface area contributed by atoms with Crippen LogP contribution in [0.15, 0.2) is 29.2 Å². The van der Waals surface area contributed by atoms with Crippen LogP contribution < -0.4 is 0 Å². The number of hydrogen-bond acceptors (Lipinski definition) is 3. The number of carbonyl (C=O) groups excluding carboxylic acids is 1. The summed E-state index contributed by atoms with van der Waals surface area (Å²) in [6.45, 7) is 1.91. The van der Waals surface area contributed by atoms with Gasteiger partial charge in [-0.15, -0.1) is 11.8 Å². The molecule has 0 spiro atoms. The highest BCUT2D eigenvalue weighted by Gasteiger charge is 2.10. The van der Waals surface area contributed by atoms with E-state index in [-0.39, 0.29) is 17.0 Å². The van der Waals surface area contributed by atoms with E-state index >= 15 is 0 Å². The summed E-state index contributed by atoms with van der Waals surface area (Å²) in [5.74, 6) is -0.503. The van der Waals surface area contributed by atoms with Gasteiger partial charge in [-0.2, -0.15) is 0 Å². The van der Waals surface area contributed by atoms with Gasteiger partial charge >= 0.3 is 5.97 Å². The van der Waals surface area contributed by atoms with Crippen LogP contribution in [0, 0.1) is 5.82 Å². The van der Waals surface area contributed by atoms with E-state index in [1.165, 1.54) is 31.0 Å². The molecule has 0 bridgehead atoms. The molecule has 15 heavy (non-hydrogen) atoms. The van der Waals surface area contributed by atoms with Crippen molar-refractivity contribution in [2.24, 2.45) is 0 Å². The molecule has 0 saturated carbocycles. The van der Waals surface area contributed by atoms with E-state index in [0.717, 1.165) is 4.90 Å². The third-order valence-electron chi connectivity index (χ3n) is 1.82. The van der Waals surface area contributed by atoms with Gasteiger partial charge in [0.1, 0.15) is 5.82 Å². The molecule has 1 aromatic rings. The van der Waals surface area contributed by atoms with E-state index in [0.29, 0.717) is 6.42 Å². The zero-order valence-corrected chi connectivity index (χ0v) is 9.51. The second-order valence-corrected chi connectivity index (χ2v) is 4.68. The normalized spacial score (nSPS) is 12.2. The molecule has 0 aromatic heterocycles. The van der Waals surface area contributed by atoms with Crippen LogP contribution in [0.25, 0.3) is 0 Å². The van der Waals surface area contributed by atoms with Crippen molar-refractivity contribution in [2.45, 2.75) is 23.5 Å². The van der Waals surface area contributed by atoms with Gasteiger partial charge in [0.15, 0.2) is 0 Å². The number of ether oxygens (including phenoxy) is 1. The van der Waals surface area contributed by atoms with Gasteiger partial charge in [-0.1, -0.05) is 13.0 Å². The van der Waals surface area contributed by atoms with E-state index in [1.54, 1.807) is 6.07 Å². The molecule has 0 aliphatic carbocycles. The molecular formula is C11H13FO2S. The number of rotatable bonds is 4. The molecule has 1 rings (SSSR count). The van der Waals surface area contributed by atoms with Gasteiger partial charge in [-0.05, 0) is 18.2 Å². The smallest absolute Gasteiger partial charge is 0.306 e. The van der Waals surface area contributed by atoms with Crippen molar-refractivity contribution in [1.29, 1.82) is 0 Å². The number of benzene rings is 1. The first-order chi connectivity index (χ1) is 7.11. The molecule has 0 aliphatic rings. The predicted molar refractivity (Wildman–Crippen MR) is 58.4 cm³/mol. The minimum Gasteiger partial charge on any atom is -0.469 e. The van der Waals surface area contributed by atoms with E-state index in [9.17, 15) is 9.18 Å². The molecule has 1 unspecified atom stereocenters. The Labute approximate surface area is 92.8 Å². The Morgan fingerprint density at radius 1 is 1.60 bits per heavy atom. The average Bonchev–Trinajstić information content (AvgIpc) is 2.17. The van der Waals surface area contributed by atoms with Gasteiger partial charge in [0, 0.05) is 10.1 Å². The van der Waals surface area contributed by atoms with E-state index < -0.39 is 0 Å². The summed E-state index contributed by atoms with van der Waals surface area (Å²) in [7, 11) is 1.36. The van der Waals surface area contributed by atoms with Crippen LogP contribution in [0.4, 0.5) is 4.39 Å². The molecule has 2 nitrogen and oxygen atoms in total. The predicted octanol–water partition coefficient (Wildman–Crippen LogP) is 2.87. The molecule has 1 aromatic carbocycles. The molecule has 0 N–H and O–H groups in total. The molecule has 1 atom stereocenters. The van der Waals surface area contributed by atoms with Gasteiger partial charge < -0.3 is 4.74 Å². The summed E-state index contributed by atoms with van der Waals surface area (Å²) in [6, 6.07) is 6.33. The standard InChI is InChI=1S/C11H13FO2S/c1-8(6-11(13)14-2)15-10-5-3-4-9(12)7-10/h3-5,7-8H,6H2,1-2H3. The highest BCUT2D eigenvalue weighted by Crippen LogP contribution is 2.25. The number of thioether (sulfide) groups is 1. The summed E-state index contributed by atoms with van der Waals surface area (Å²) < 4.78 is 17.4. The van der Waals surface area contributed by atoms with Crippen LogP contribution in [-0.2, 0) is 9.53 Å². The third kappa shape index (κ3) is 4.34. The number of esters is 1. The first-order valence-corrected chi connectivity index (χ1v) is 5.49. The number of methoxy groups -OCH3 is 1. The van der Waals surface area contributed by atoms with Crippen molar-refractivity contribution in [3.63, 3.8) is 0 Å². The summed E-state index contributed by atoms with van der Waals surface area (Å²) in [6.07, 6.45) is 0.331. The molecular weight excluding hydrogens is 215 g/mol. The van der Waals surface area contributed by atoms with Crippen molar-refractivity contribution in [2.75, 3.05) is 7.11 Å². The monoisotopic (exact) mass is 228 g/mol. The molecule has 4 heteroatoms. The van der Waals surface area contributed by atoms with Crippen LogP contribution in [0.3, 0.4) is 0 Å². The summed E-state index contributed by atoms with van der Waals surface area (Å²) in [5, 5.41) is 0.0826. The number of hydrogen-bond donors (Lipinski definition) is 0. The fourth-order valence-electron chi connectivity index (χ4n) is 1.13. The quantitative estimate of drug-likeness (QED) is 0.585. The molecule has 0 heterocycles. The van der Waals surface area contributed by atoms with Crippen molar-refractivity contribution in [1.82, 2.24) is 0 Å². The van der Waals surface area contributed by atoms with Crippen LogP contribution >= 0.6 is 11.8 Å². The fourth-order valence-corrected chi connectivity index (χ4v) is 2.15. The fraction of sp³-hybridized carbons (Fsp3) is 0.364. The first kappa shape index (κ1) is 12.0. The summed E-state index contributed by atoms with van der Waals surface area (Å²) in [5.41, 5.74) is 0. The maximum absolute atomic E-state index is 12.8. The first-order valence-electron chi connectivity index (χ1n) is 4.61. The summed E-state index contributed by atoms with van der Waals surface area (Å²) in [4.78, 5) is 11.8. The third-order valence-corrected chi connectivity index (χ3v) is 2.91. The molecule has 0 fully saturated rings. The zero-order valence-electron chi connectivity index (χ0n) is 8.70. The molecule has 0 radical (unpaired) electrons. The largest absolute Gasteiger partial charge is 0.469 e. The van der Waals surface area contributed by atoms with Gasteiger partial charge in [0.2, 0.25) is 0 Å². The van der Waals surface area contributed by atoms with Crippen molar-refractivity contribution in [3.8, 4) is 0 Å². The van der Waals surface area contributed by atoms with Gasteiger partial charge in [0.25, 0.3) is 0 Å². The van der Waals surface area contributed by atoms with Crippen LogP contribution in [0.5, 0.6) is 0 Å². The average molecular weight is 228 g/mol. The van der Waals surface area contributed by atoms with Gasteiger partial charge in [-0.3, -0.25) is 4.79 Å². The van der Waals surface area contributed by atoms with E-state index in [2.05, 4.69) is 4.74 Å². The Bertz CT molecular complexity index is 341. The second-order valence-electron chi connectivity index (χ2n) is 3.17. The van der Waals surface area contributed by atoms with Crippen molar-refractivity contribution in [3.05, 3.63) is 30.1 Å². The highest BCUT2D eigenvalue weighted by atomic mass is 32.2. The Hall–Kier alpha value is -1.03. The second kappa shape index (κ2) is 5.75. The van der Waals surface area contributed by atoms with Gasteiger partial charge in [-0.25, -0.2) is 4.39 Å². The molecule has 82 valence electrons. The Balaban J connectivity index is 2.51. The molecule has 0 aliphatic heterocycles. The van der Waals surface area contributed by atoms with Gasteiger partial charge in [0.05, 0.1) is 13.5 Å². The Morgan fingerprint density at radius 3 is 2.93 bits per heavy atom. The summed E-state index contributed by atoms with van der Waals surface area (Å²) >= 11 is 1.46. The maximum atomic E-state index is 12.8. The minimum atomic E-state index is -0.259. The van der Waals surface area contributed by atoms with Crippen molar-refractivity contribution < 1.29 is 13.9 Å². The Morgan fingerprint density at radius 2 is 2.33 bits per heavy atom. The van der Waals surface area contributed by atoms with Crippen LogP contribution in [-0.4, -0.2) is 18.3 Å². The topological polar surface area (TPSA) is 26.3 Å². The maximum Gasteiger partial charge on any atom is 0.306 e. The lowest BCUT2D eigenvalue weighted by molar-refractivity contribution is -0.140. The number of halogens is 1. The lowest BCUT2D eigenvalue weighted by Gasteiger charge is -2.09. The Kier molecular flexibility index (Phi) is 4.62. The minimum absolute atomic E-state index is 0.0826. The lowest BCUT2D eigenvalue weighted by atomic mass is 10.3.